The second-order valence-corrected chi connectivity index (χ2v) is 5.80. The van der Waals surface area contributed by atoms with Gasteiger partial charge in [-0.1, -0.05) is 29.8 Å². The van der Waals surface area contributed by atoms with Crippen LogP contribution in [0, 0.1) is 18.3 Å². The van der Waals surface area contributed by atoms with Crippen molar-refractivity contribution in [1.29, 1.82) is 5.26 Å². The summed E-state index contributed by atoms with van der Waals surface area (Å²) in [5, 5.41) is 14.6. The van der Waals surface area contributed by atoms with Crippen molar-refractivity contribution in [3.05, 3.63) is 65.2 Å². The maximum absolute atomic E-state index is 12.3. The summed E-state index contributed by atoms with van der Waals surface area (Å²) in [4.78, 5) is 23.7. The van der Waals surface area contributed by atoms with Crippen LogP contribution in [0.1, 0.15) is 18.1 Å². The van der Waals surface area contributed by atoms with Crippen LogP contribution in [0.3, 0.4) is 0 Å². The van der Waals surface area contributed by atoms with Gasteiger partial charge in [0.1, 0.15) is 17.4 Å². The molecule has 0 saturated carbocycles. The maximum Gasteiger partial charge on any atom is 0.266 e. The Morgan fingerprint density at radius 1 is 1.11 bits per heavy atom. The molecule has 0 fully saturated rings. The van der Waals surface area contributed by atoms with Gasteiger partial charge in [-0.3, -0.25) is 9.59 Å². The zero-order valence-electron chi connectivity index (χ0n) is 15.3. The normalized spacial score (nSPS) is 10.6. The summed E-state index contributed by atoms with van der Waals surface area (Å²) < 4.78 is 5.37. The van der Waals surface area contributed by atoms with Crippen LogP contribution in [0.4, 0.5) is 5.69 Å². The lowest BCUT2D eigenvalue weighted by molar-refractivity contribution is -0.123. The molecule has 0 heterocycles. The third kappa shape index (κ3) is 6.33. The largest absolute Gasteiger partial charge is 0.484 e. The molecule has 138 valence electrons. The zero-order valence-corrected chi connectivity index (χ0v) is 15.3. The Bertz CT molecular complexity index is 863. The SMILES string of the molecule is CCNC(=O)COc1ccc(/C=C(/C#N)C(=O)Nc2ccc(C)cc2)cc1. The number of nitriles is 1. The fraction of sp³-hybridized carbons (Fsp3) is 0.190. The first-order valence-corrected chi connectivity index (χ1v) is 8.51. The van der Waals surface area contributed by atoms with Crippen molar-refractivity contribution < 1.29 is 14.3 Å². The molecule has 0 aliphatic rings. The molecule has 0 unspecified atom stereocenters. The summed E-state index contributed by atoms with van der Waals surface area (Å²) in [6.07, 6.45) is 1.50. The van der Waals surface area contributed by atoms with E-state index in [1.165, 1.54) is 6.08 Å². The molecule has 27 heavy (non-hydrogen) atoms. The third-order valence-electron chi connectivity index (χ3n) is 3.61. The highest BCUT2D eigenvalue weighted by Gasteiger charge is 2.09. The van der Waals surface area contributed by atoms with Crippen LogP contribution in [-0.4, -0.2) is 25.0 Å². The standard InChI is InChI=1S/C21H21N3O3/c1-3-23-20(25)14-27-19-10-6-16(7-11-19)12-17(13-22)21(26)24-18-8-4-15(2)5-9-18/h4-12H,3,14H2,1-2H3,(H,23,25)(H,24,26)/b17-12-. The minimum atomic E-state index is -0.474. The molecule has 2 N–H and O–H groups in total. The third-order valence-corrected chi connectivity index (χ3v) is 3.61. The molecule has 0 aromatic heterocycles. The van der Waals surface area contributed by atoms with Gasteiger partial charge in [0.25, 0.3) is 11.8 Å². The Balaban J connectivity index is 2.01. The lowest BCUT2D eigenvalue weighted by Crippen LogP contribution is -2.28. The molecule has 2 amide bonds. The summed E-state index contributed by atoms with van der Waals surface area (Å²) in [7, 11) is 0. The number of amides is 2. The molecule has 2 aromatic carbocycles. The zero-order chi connectivity index (χ0) is 19.6. The van der Waals surface area contributed by atoms with Gasteiger partial charge in [-0.05, 0) is 49.8 Å². The average molecular weight is 363 g/mol. The molecular formula is C21H21N3O3. The number of carbonyl (C=O) groups is 2. The highest BCUT2D eigenvalue weighted by molar-refractivity contribution is 6.09. The lowest BCUT2D eigenvalue weighted by atomic mass is 10.1. The second kappa shape index (κ2) is 9.78. The molecule has 0 spiro atoms. The molecule has 2 rings (SSSR count). The Kier molecular flexibility index (Phi) is 7.15. The number of hydrogen-bond donors (Lipinski definition) is 2. The highest BCUT2D eigenvalue weighted by Crippen LogP contribution is 2.16. The topological polar surface area (TPSA) is 91.2 Å². The van der Waals surface area contributed by atoms with Crippen molar-refractivity contribution in [2.45, 2.75) is 13.8 Å². The van der Waals surface area contributed by atoms with E-state index in [0.29, 0.717) is 23.5 Å². The van der Waals surface area contributed by atoms with E-state index in [1.807, 2.05) is 32.0 Å². The molecule has 0 aliphatic heterocycles. The van der Waals surface area contributed by atoms with Crippen molar-refractivity contribution in [2.24, 2.45) is 0 Å². The van der Waals surface area contributed by atoms with Crippen molar-refractivity contribution in [1.82, 2.24) is 5.32 Å². The van der Waals surface area contributed by atoms with E-state index in [9.17, 15) is 14.9 Å². The minimum absolute atomic E-state index is 0.00781. The van der Waals surface area contributed by atoms with Crippen molar-refractivity contribution in [3.8, 4) is 11.8 Å². The molecule has 0 radical (unpaired) electrons. The average Bonchev–Trinajstić information content (AvgIpc) is 2.67. The number of hydrogen-bond acceptors (Lipinski definition) is 4. The molecule has 2 aromatic rings. The number of aryl methyl sites for hydroxylation is 1. The van der Waals surface area contributed by atoms with E-state index in [1.54, 1.807) is 36.4 Å². The summed E-state index contributed by atoms with van der Waals surface area (Å²) in [6.45, 7) is 4.27. The van der Waals surface area contributed by atoms with Crippen molar-refractivity contribution in [3.63, 3.8) is 0 Å². The number of nitrogens with zero attached hydrogens (tertiary/aromatic N) is 1. The molecule has 0 saturated heterocycles. The first-order valence-electron chi connectivity index (χ1n) is 8.51. The smallest absolute Gasteiger partial charge is 0.266 e. The predicted molar refractivity (Wildman–Crippen MR) is 104 cm³/mol. The Hall–Kier alpha value is -3.59. The van der Waals surface area contributed by atoms with Gasteiger partial charge in [0.2, 0.25) is 0 Å². The predicted octanol–water partition coefficient (Wildman–Crippen LogP) is 3.06. The van der Waals surface area contributed by atoms with Crippen LogP contribution in [0.25, 0.3) is 6.08 Å². The minimum Gasteiger partial charge on any atom is -0.484 e. The maximum atomic E-state index is 12.3. The monoisotopic (exact) mass is 363 g/mol. The highest BCUT2D eigenvalue weighted by atomic mass is 16.5. The van der Waals surface area contributed by atoms with Crippen LogP contribution in [0.5, 0.6) is 5.75 Å². The van der Waals surface area contributed by atoms with Crippen LogP contribution < -0.4 is 15.4 Å². The molecule has 0 bridgehead atoms. The Labute approximate surface area is 158 Å². The van der Waals surface area contributed by atoms with Crippen molar-refractivity contribution >= 4 is 23.6 Å². The van der Waals surface area contributed by atoms with E-state index in [-0.39, 0.29) is 18.1 Å². The number of anilines is 1. The van der Waals surface area contributed by atoms with Crippen molar-refractivity contribution in [2.75, 3.05) is 18.5 Å². The number of benzene rings is 2. The fourth-order valence-electron chi connectivity index (χ4n) is 2.21. The van der Waals surface area contributed by atoms with Crippen LogP contribution in [0.15, 0.2) is 54.1 Å². The van der Waals surface area contributed by atoms with Gasteiger partial charge in [0.05, 0.1) is 0 Å². The summed E-state index contributed by atoms with van der Waals surface area (Å²) in [6, 6.07) is 16.0. The van der Waals surface area contributed by atoms with Gasteiger partial charge in [0.15, 0.2) is 6.61 Å². The van der Waals surface area contributed by atoms with Gasteiger partial charge in [0, 0.05) is 12.2 Å². The number of carbonyl (C=O) groups excluding carboxylic acids is 2. The Morgan fingerprint density at radius 3 is 2.37 bits per heavy atom. The molecular weight excluding hydrogens is 342 g/mol. The van der Waals surface area contributed by atoms with E-state index in [4.69, 9.17) is 4.74 Å². The van der Waals surface area contributed by atoms with E-state index in [2.05, 4.69) is 10.6 Å². The van der Waals surface area contributed by atoms with Crippen LogP contribution in [-0.2, 0) is 9.59 Å². The first kappa shape index (κ1) is 19.7. The summed E-state index contributed by atoms with van der Waals surface area (Å²) in [5.41, 5.74) is 2.38. The lowest BCUT2D eigenvalue weighted by Gasteiger charge is -2.07. The van der Waals surface area contributed by atoms with Gasteiger partial charge in [-0.2, -0.15) is 5.26 Å². The number of likely N-dealkylation sites (N-methyl/N-ethyl adjacent to an activating group) is 1. The molecule has 6 heteroatoms. The van der Waals surface area contributed by atoms with Gasteiger partial charge >= 0.3 is 0 Å². The van der Waals surface area contributed by atoms with Gasteiger partial charge in [-0.15, -0.1) is 0 Å². The number of nitrogens with one attached hydrogen (secondary N) is 2. The van der Waals surface area contributed by atoms with Crippen LogP contribution >= 0.6 is 0 Å². The number of ether oxygens (including phenoxy) is 1. The summed E-state index contributed by atoms with van der Waals surface area (Å²) in [5.74, 6) is -0.139. The fourth-order valence-corrected chi connectivity index (χ4v) is 2.21. The van der Waals surface area contributed by atoms with Gasteiger partial charge < -0.3 is 15.4 Å². The quantitative estimate of drug-likeness (QED) is 0.584. The Morgan fingerprint density at radius 2 is 1.78 bits per heavy atom. The summed E-state index contributed by atoms with van der Waals surface area (Å²) >= 11 is 0. The molecule has 0 atom stereocenters. The van der Waals surface area contributed by atoms with E-state index >= 15 is 0 Å². The number of rotatable bonds is 7. The van der Waals surface area contributed by atoms with E-state index in [0.717, 1.165) is 5.56 Å². The van der Waals surface area contributed by atoms with E-state index < -0.39 is 5.91 Å². The molecule has 0 aliphatic carbocycles. The van der Waals surface area contributed by atoms with Crippen LogP contribution in [0.2, 0.25) is 0 Å². The first-order chi connectivity index (χ1) is 13.0. The van der Waals surface area contributed by atoms with Gasteiger partial charge in [-0.25, -0.2) is 0 Å². The second-order valence-electron chi connectivity index (χ2n) is 5.80. The molecule has 6 nitrogen and oxygen atoms in total.